The maximum Gasteiger partial charge on any atom is 0.401 e. The summed E-state index contributed by atoms with van der Waals surface area (Å²) < 4.78 is 38.2. The first-order chi connectivity index (χ1) is 9.30. The molecule has 2 rings (SSSR count). The molecule has 0 radical (unpaired) electrons. The molecular weight excluding hydrogens is 265 g/mol. The van der Waals surface area contributed by atoms with Crippen LogP contribution in [0.15, 0.2) is 0 Å². The van der Waals surface area contributed by atoms with Crippen LogP contribution in [-0.2, 0) is 0 Å². The van der Waals surface area contributed by atoms with Gasteiger partial charge in [0.1, 0.15) is 0 Å². The van der Waals surface area contributed by atoms with E-state index in [1.807, 2.05) is 7.05 Å². The molecule has 2 nitrogen and oxygen atoms in total. The highest BCUT2D eigenvalue weighted by Crippen LogP contribution is 2.37. The predicted molar refractivity (Wildman–Crippen MR) is 74.5 cm³/mol. The first kappa shape index (κ1) is 16.1. The lowest BCUT2D eigenvalue weighted by molar-refractivity contribution is -0.150. The van der Waals surface area contributed by atoms with Crippen molar-refractivity contribution in [3.05, 3.63) is 0 Å². The second-order valence-electron chi connectivity index (χ2n) is 6.89. The van der Waals surface area contributed by atoms with Crippen molar-refractivity contribution in [1.29, 1.82) is 0 Å². The monoisotopic (exact) mass is 292 g/mol. The number of hydrogen-bond acceptors (Lipinski definition) is 2. The van der Waals surface area contributed by atoms with E-state index in [1.54, 1.807) is 4.90 Å². The summed E-state index contributed by atoms with van der Waals surface area (Å²) in [6.07, 6.45) is -0.0120. The second-order valence-corrected chi connectivity index (χ2v) is 6.89. The molecule has 4 atom stereocenters. The largest absolute Gasteiger partial charge is 0.401 e. The summed E-state index contributed by atoms with van der Waals surface area (Å²) in [5.41, 5.74) is 0. The van der Waals surface area contributed by atoms with Gasteiger partial charge in [-0.25, -0.2) is 0 Å². The molecule has 0 spiro atoms. The lowest BCUT2D eigenvalue weighted by Crippen LogP contribution is -2.50. The number of hydrogen-bond donors (Lipinski definition) is 1. The standard InChI is InChI=1S/C15H27F3N2/c1-10-6-11(2)13(14(7-10)19-3)8-20(12-4-5-12)9-15(16,17)18/h10-14,19H,4-9H2,1-3H3. The zero-order chi connectivity index (χ0) is 14.9. The average molecular weight is 292 g/mol. The van der Waals surface area contributed by atoms with Crippen LogP contribution in [0.5, 0.6) is 0 Å². The highest BCUT2D eigenvalue weighted by Gasteiger charge is 2.41. The van der Waals surface area contributed by atoms with Gasteiger partial charge in [0.05, 0.1) is 6.54 Å². The van der Waals surface area contributed by atoms with Crippen LogP contribution in [0.4, 0.5) is 13.2 Å². The molecule has 5 heteroatoms. The van der Waals surface area contributed by atoms with Crippen molar-refractivity contribution in [3.63, 3.8) is 0 Å². The summed E-state index contributed by atoms with van der Waals surface area (Å²) >= 11 is 0. The fourth-order valence-corrected chi connectivity index (χ4v) is 3.83. The minimum atomic E-state index is -4.08. The van der Waals surface area contributed by atoms with Crippen LogP contribution < -0.4 is 5.32 Å². The van der Waals surface area contributed by atoms with E-state index in [0.717, 1.165) is 25.7 Å². The Bertz CT molecular complexity index is 315. The van der Waals surface area contributed by atoms with Gasteiger partial charge in [0.25, 0.3) is 0 Å². The molecule has 0 amide bonds. The minimum absolute atomic E-state index is 0.167. The summed E-state index contributed by atoms with van der Waals surface area (Å²) in [5.74, 6) is 1.49. The molecule has 0 aromatic rings. The topological polar surface area (TPSA) is 15.3 Å². The van der Waals surface area contributed by atoms with Gasteiger partial charge >= 0.3 is 6.18 Å². The summed E-state index contributed by atoms with van der Waals surface area (Å²) in [6.45, 7) is 4.28. The fraction of sp³-hybridized carbons (Fsp3) is 1.00. The van der Waals surface area contributed by atoms with E-state index in [0.29, 0.717) is 30.3 Å². The first-order valence-electron chi connectivity index (χ1n) is 7.78. The van der Waals surface area contributed by atoms with Crippen LogP contribution in [0, 0.1) is 17.8 Å². The number of nitrogens with one attached hydrogen (secondary N) is 1. The SMILES string of the molecule is CNC1CC(C)CC(C)C1CN(CC(F)(F)F)C1CC1. The molecule has 2 aliphatic rings. The summed E-state index contributed by atoms with van der Waals surface area (Å²) in [7, 11) is 1.94. The molecule has 20 heavy (non-hydrogen) atoms. The van der Waals surface area contributed by atoms with Crippen LogP contribution >= 0.6 is 0 Å². The van der Waals surface area contributed by atoms with Crippen molar-refractivity contribution in [2.45, 2.75) is 57.8 Å². The Labute approximate surface area is 120 Å². The van der Waals surface area contributed by atoms with Crippen molar-refractivity contribution in [1.82, 2.24) is 10.2 Å². The molecular formula is C15H27F3N2. The predicted octanol–water partition coefficient (Wildman–Crippen LogP) is 3.28. The van der Waals surface area contributed by atoms with Gasteiger partial charge in [-0.2, -0.15) is 13.2 Å². The molecule has 118 valence electrons. The van der Waals surface area contributed by atoms with Gasteiger partial charge in [-0.15, -0.1) is 0 Å². The molecule has 0 aliphatic heterocycles. The normalized spacial score (nSPS) is 35.5. The van der Waals surface area contributed by atoms with Gasteiger partial charge in [-0.05, 0) is 50.5 Å². The van der Waals surface area contributed by atoms with E-state index in [9.17, 15) is 13.2 Å². The third-order valence-electron chi connectivity index (χ3n) is 4.94. The highest BCUT2D eigenvalue weighted by molar-refractivity contribution is 4.93. The summed E-state index contributed by atoms with van der Waals surface area (Å²) in [4.78, 5) is 1.68. The Kier molecular flexibility index (Phi) is 5.00. The van der Waals surface area contributed by atoms with Crippen LogP contribution in [0.25, 0.3) is 0 Å². The number of nitrogens with zero attached hydrogens (tertiary/aromatic N) is 1. The molecule has 0 heterocycles. The van der Waals surface area contributed by atoms with Crippen LogP contribution in [0.2, 0.25) is 0 Å². The molecule has 0 bridgehead atoms. The molecule has 0 aromatic carbocycles. The maximum absolute atomic E-state index is 12.7. The number of alkyl halides is 3. The van der Waals surface area contributed by atoms with Crippen molar-refractivity contribution in [2.75, 3.05) is 20.1 Å². The lowest BCUT2D eigenvalue weighted by Gasteiger charge is -2.42. The first-order valence-corrected chi connectivity index (χ1v) is 7.78. The van der Waals surface area contributed by atoms with Crippen LogP contribution in [0.3, 0.4) is 0 Å². The van der Waals surface area contributed by atoms with E-state index in [1.165, 1.54) is 0 Å². The van der Waals surface area contributed by atoms with E-state index in [2.05, 4.69) is 19.2 Å². The zero-order valence-electron chi connectivity index (χ0n) is 12.7. The van der Waals surface area contributed by atoms with E-state index >= 15 is 0 Å². The number of rotatable bonds is 5. The van der Waals surface area contributed by atoms with Gasteiger partial charge in [0, 0.05) is 18.6 Å². The Morgan fingerprint density at radius 3 is 2.30 bits per heavy atom. The zero-order valence-corrected chi connectivity index (χ0v) is 12.7. The van der Waals surface area contributed by atoms with Gasteiger partial charge in [-0.3, -0.25) is 4.90 Å². The van der Waals surface area contributed by atoms with Gasteiger partial charge in [-0.1, -0.05) is 13.8 Å². The Balaban J connectivity index is 2.00. The maximum atomic E-state index is 12.7. The summed E-state index contributed by atoms with van der Waals surface area (Å²) in [5, 5.41) is 3.33. The number of halogens is 3. The van der Waals surface area contributed by atoms with Crippen molar-refractivity contribution >= 4 is 0 Å². The van der Waals surface area contributed by atoms with Crippen molar-refractivity contribution < 1.29 is 13.2 Å². The van der Waals surface area contributed by atoms with Crippen molar-refractivity contribution in [3.8, 4) is 0 Å². The van der Waals surface area contributed by atoms with E-state index in [4.69, 9.17) is 0 Å². The lowest BCUT2D eigenvalue weighted by atomic mass is 9.72. The van der Waals surface area contributed by atoms with E-state index in [-0.39, 0.29) is 6.04 Å². The van der Waals surface area contributed by atoms with Crippen LogP contribution in [-0.4, -0.2) is 43.3 Å². The average Bonchev–Trinajstić information content (AvgIpc) is 3.13. The van der Waals surface area contributed by atoms with Gasteiger partial charge in [0.2, 0.25) is 0 Å². The van der Waals surface area contributed by atoms with Gasteiger partial charge in [0.15, 0.2) is 0 Å². The molecule has 2 fully saturated rings. The molecule has 2 saturated carbocycles. The minimum Gasteiger partial charge on any atom is -0.317 e. The summed E-state index contributed by atoms with van der Waals surface area (Å²) in [6, 6.07) is 0.518. The Morgan fingerprint density at radius 2 is 1.80 bits per heavy atom. The molecule has 1 N–H and O–H groups in total. The Morgan fingerprint density at radius 1 is 1.15 bits per heavy atom. The van der Waals surface area contributed by atoms with Crippen LogP contribution in [0.1, 0.15) is 39.5 Å². The van der Waals surface area contributed by atoms with E-state index < -0.39 is 12.7 Å². The second kappa shape index (κ2) is 6.22. The molecule has 2 aliphatic carbocycles. The molecule has 0 saturated heterocycles. The van der Waals surface area contributed by atoms with Crippen molar-refractivity contribution in [2.24, 2.45) is 17.8 Å². The molecule has 4 unspecified atom stereocenters. The Hall–Kier alpha value is -0.290. The quantitative estimate of drug-likeness (QED) is 0.836. The third kappa shape index (κ3) is 4.35. The van der Waals surface area contributed by atoms with Gasteiger partial charge < -0.3 is 5.32 Å². The molecule has 0 aromatic heterocycles. The highest BCUT2D eigenvalue weighted by atomic mass is 19.4. The third-order valence-corrected chi connectivity index (χ3v) is 4.94. The smallest absolute Gasteiger partial charge is 0.317 e. The fourth-order valence-electron chi connectivity index (χ4n) is 3.83.